The molecule has 0 radical (unpaired) electrons. The molecule has 1 atom stereocenters. The van der Waals surface area contributed by atoms with Gasteiger partial charge in [-0.1, -0.05) is 6.42 Å². The van der Waals surface area contributed by atoms with Gasteiger partial charge in [-0.15, -0.1) is 11.3 Å². The largest absolute Gasteiger partial charge is 0.354 e. The summed E-state index contributed by atoms with van der Waals surface area (Å²) in [5, 5.41) is 8.39. The molecule has 1 fully saturated rings. The van der Waals surface area contributed by atoms with Gasteiger partial charge in [-0.3, -0.25) is 4.79 Å². The van der Waals surface area contributed by atoms with Gasteiger partial charge in [0.15, 0.2) is 0 Å². The molecule has 1 aromatic heterocycles. The minimum atomic E-state index is 0.0354. The number of nitrogens with one attached hydrogen (secondary N) is 2. The monoisotopic (exact) mass is 252 g/mol. The smallest absolute Gasteiger partial charge is 0.237 e. The fourth-order valence-corrected chi connectivity index (χ4v) is 3.07. The number of thiophene rings is 1. The fourth-order valence-electron chi connectivity index (χ4n) is 2.16. The zero-order valence-electron chi connectivity index (χ0n) is 10.3. The zero-order chi connectivity index (χ0) is 12.1. The first-order valence-corrected chi connectivity index (χ1v) is 7.19. The predicted octanol–water partition coefficient (Wildman–Crippen LogP) is 1.86. The van der Waals surface area contributed by atoms with Gasteiger partial charge in [0, 0.05) is 11.4 Å². The molecular formula is C13H20N2OS. The molecule has 1 aliphatic rings. The van der Waals surface area contributed by atoms with Crippen molar-refractivity contribution in [3.8, 4) is 0 Å². The van der Waals surface area contributed by atoms with Gasteiger partial charge in [0.2, 0.25) is 5.91 Å². The molecule has 2 N–H and O–H groups in total. The summed E-state index contributed by atoms with van der Waals surface area (Å²) in [6, 6.07) is 2.16. The molecule has 1 amide bonds. The number of aryl methyl sites for hydroxylation is 1. The number of carbonyl (C=O) groups is 1. The van der Waals surface area contributed by atoms with E-state index in [-0.39, 0.29) is 11.9 Å². The van der Waals surface area contributed by atoms with Gasteiger partial charge in [-0.05, 0) is 49.7 Å². The maximum absolute atomic E-state index is 11.8. The van der Waals surface area contributed by atoms with Crippen LogP contribution >= 0.6 is 11.3 Å². The van der Waals surface area contributed by atoms with Crippen molar-refractivity contribution in [1.29, 1.82) is 0 Å². The second kappa shape index (κ2) is 6.17. The van der Waals surface area contributed by atoms with Crippen molar-refractivity contribution in [3.63, 3.8) is 0 Å². The lowest BCUT2D eigenvalue weighted by atomic mass is 10.0. The van der Waals surface area contributed by atoms with Gasteiger partial charge >= 0.3 is 0 Å². The van der Waals surface area contributed by atoms with E-state index in [0.29, 0.717) is 0 Å². The van der Waals surface area contributed by atoms with Crippen LogP contribution in [0.2, 0.25) is 0 Å². The summed E-state index contributed by atoms with van der Waals surface area (Å²) in [5.41, 5.74) is 1.33. The van der Waals surface area contributed by atoms with E-state index in [1.54, 1.807) is 11.3 Å². The Morgan fingerprint density at radius 1 is 1.59 bits per heavy atom. The number of piperidine rings is 1. The Kier molecular flexibility index (Phi) is 4.57. The second-order valence-corrected chi connectivity index (χ2v) is 5.57. The van der Waals surface area contributed by atoms with Crippen LogP contribution < -0.4 is 10.6 Å². The molecule has 1 unspecified atom stereocenters. The zero-order valence-corrected chi connectivity index (χ0v) is 11.1. The first-order valence-electron chi connectivity index (χ1n) is 6.31. The van der Waals surface area contributed by atoms with Gasteiger partial charge in [0.05, 0.1) is 6.04 Å². The molecular weight excluding hydrogens is 232 g/mol. The summed E-state index contributed by atoms with van der Waals surface area (Å²) >= 11 is 1.77. The number of hydrogen-bond donors (Lipinski definition) is 2. The summed E-state index contributed by atoms with van der Waals surface area (Å²) in [4.78, 5) is 13.2. The molecule has 1 aromatic rings. The molecule has 2 heterocycles. The molecule has 3 nitrogen and oxygen atoms in total. The van der Waals surface area contributed by atoms with Crippen LogP contribution in [-0.4, -0.2) is 25.0 Å². The standard InChI is InChI=1S/C13H20N2OS/c1-10-6-9-17-12(10)5-8-15-13(16)11-4-2-3-7-14-11/h6,9,11,14H,2-5,7-8H2,1H3,(H,15,16). The highest BCUT2D eigenvalue weighted by molar-refractivity contribution is 7.10. The molecule has 0 spiro atoms. The Morgan fingerprint density at radius 3 is 3.12 bits per heavy atom. The molecule has 2 rings (SSSR count). The molecule has 0 saturated carbocycles. The summed E-state index contributed by atoms with van der Waals surface area (Å²) in [7, 11) is 0. The van der Waals surface area contributed by atoms with E-state index in [0.717, 1.165) is 32.4 Å². The van der Waals surface area contributed by atoms with Crippen molar-refractivity contribution in [3.05, 3.63) is 21.9 Å². The van der Waals surface area contributed by atoms with Crippen molar-refractivity contribution in [2.24, 2.45) is 0 Å². The van der Waals surface area contributed by atoms with Crippen LogP contribution in [0.3, 0.4) is 0 Å². The number of rotatable bonds is 4. The van der Waals surface area contributed by atoms with Crippen molar-refractivity contribution in [2.75, 3.05) is 13.1 Å². The fraction of sp³-hybridized carbons (Fsp3) is 0.615. The molecule has 1 aliphatic heterocycles. The van der Waals surface area contributed by atoms with E-state index in [4.69, 9.17) is 0 Å². The molecule has 0 bridgehead atoms. The first kappa shape index (κ1) is 12.6. The second-order valence-electron chi connectivity index (χ2n) is 4.57. The number of carbonyl (C=O) groups excluding carboxylic acids is 1. The molecule has 0 aromatic carbocycles. The minimum absolute atomic E-state index is 0.0354. The average molecular weight is 252 g/mol. The van der Waals surface area contributed by atoms with E-state index in [1.807, 2.05) is 0 Å². The van der Waals surface area contributed by atoms with Crippen molar-refractivity contribution >= 4 is 17.2 Å². The lowest BCUT2D eigenvalue weighted by Gasteiger charge is -2.22. The van der Waals surface area contributed by atoms with Crippen LogP contribution in [0, 0.1) is 6.92 Å². The van der Waals surface area contributed by atoms with Crippen molar-refractivity contribution in [1.82, 2.24) is 10.6 Å². The van der Waals surface area contributed by atoms with Gasteiger partial charge in [-0.25, -0.2) is 0 Å². The third-order valence-electron chi connectivity index (χ3n) is 3.25. The Balaban J connectivity index is 1.71. The molecule has 4 heteroatoms. The molecule has 94 valence electrons. The normalized spacial score (nSPS) is 20.2. The van der Waals surface area contributed by atoms with Gasteiger partial charge in [0.1, 0.15) is 0 Å². The third kappa shape index (κ3) is 3.54. The highest BCUT2D eigenvalue weighted by atomic mass is 32.1. The van der Waals surface area contributed by atoms with E-state index in [2.05, 4.69) is 29.0 Å². The molecule has 17 heavy (non-hydrogen) atoms. The first-order chi connectivity index (χ1) is 8.27. The molecule has 1 saturated heterocycles. The average Bonchev–Trinajstić information content (AvgIpc) is 2.76. The predicted molar refractivity (Wildman–Crippen MR) is 71.4 cm³/mol. The summed E-state index contributed by atoms with van der Waals surface area (Å²) < 4.78 is 0. The quantitative estimate of drug-likeness (QED) is 0.859. The Bertz CT molecular complexity index is 369. The van der Waals surface area contributed by atoms with Crippen molar-refractivity contribution in [2.45, 2.75) is 38.6 Å². The van der Waals surface area contributed by atoms with E-state index in [1.165, 1.54) is 16.9 Å². The van der Waals surface area contributed by atoms with Crippen LogP contribution in [0.15, 0.2) is 11.4 Å². The van der Waals surface area contributed by atoms with Gasteiger partial charge < -0.3 is 10.6 Å². The summed E-state index contributed by atoms with van der Waals surface area (Å²) in [5.74, 6) is 0.166. The topological polar surface area (TPSA) is 41.1 Å². The lowest BCUT2D eigenvalue weighted by molar-refractivity contribution is -0.123. The van der Waals surface area contributed by atoms with Crippen LogP contribution in [0.4, 0.5) is 0 Å². The van der Waals surface area contributed by atoms with Crippen LogP contribution in [0.5, 0.6) is 0 Å². The number of hydrogen-bond acceptors (Lipinski definition) is 3. The summed E-state index contributed by atoms with van der Waals surface area (Å²) in [6.45, 7) is 3.84. The highest BCUT2D eigenvalue weighted by Gasteiger charge is 2.19. The SMILES string of the molecule is Cc1ccsc1CCNC(=O)C1CCCCN1. The van der Waals surface area contributed by atoms with Crippen LogP contribution in [0.1, 0.15) is 29.7 Å². The van der Waals surface area contributed by atoms with Crippen LogP contribution in [0.25, 0.3) is 0 Å². The van der Waals surface area contributed by atoms with Crippen LogP contribution in [-0.2, 0) is 11.2 Å². The van der Waals surface area contributed by atoms with Gasteiger partial charge in [0.25, 0.3) is 0 Å². The minimum Gasteiger partial charge on any atom is -0.354 e. The maximum atomic E-state index is 11.8. The van der Waals surface area contributed by atoms with E-state index >= 15 is 0 Å². The Morgan fingerprint density at radius 2 is 2.47 bits per heavy atom. The Hall–Kier alpha value is -0.870. The molecule has 0 aliphatic carbocycles. The highest BCUT2D eigenvalue weighted by Crippen LogP contribution is 2.15. The Labute approximate surface area is 107 Å². The maximum Gasteiger partial charge on any atom is 0.237 e. The van der Waals surface area contributed by atoms with Crippen molar-refractivity contribution < 1.29 is 4.79 Å². The van der Waals surface area contributed by atoms with E-state index < -0.39 is 0 Å². The third-order valence-corrected chi connectivity index (χ3v) is 4.33. The van der Waals surface area contributed by atoms with E-state index in [9.17, 15) is 4.79 Å². The van der Waals surface area contributed by atoms with Gasteiger partial charge in [-0.2, -0.15) is 0 Å². The summed E-state index contributed by atoms with van der Waals surface area (Å²) in [6.07, 6.45) is 4.28. The number of amides is 1. The lowest BCUT2D eigenvalue weighted by Crippen LogP contribution is -2.47.